The molecule has 2 saturated heterocycles. The molecule has 3 fully saturated rings. The summed E-state index contributed by atoms with van der Waals surface area (Å²) in [4.78, 5) is 28.1. The van der Waals surface area contributed by atoms with Crippen LogP contribution in [-0.2, 0) is 9.53 Å². The first kappa shape index (κ1) is 20.6. The summed E-state index contributed by atoms with van der Waals surface area (Å²) in [5, 5.41) is 32.0. The number of carboxylic acid groups (broad SMARTS) is 1. The first-order valence-electron chi connectivity index (χ1n) is 10.6. The number of likely N-dealkylation sites (tertiary alicyclic amines) is 1. The topological polar surface area (TPSA) is 132 Å². The normalized spacial score (nSPS) is 29.3. The van der Waals surface area contributed by atoms with E-state index in [0.717, 1.165) is 6.54 Å². The van der Waals surface area contributed by atoms with Crippen LogP contribution in [0.15, 0.2) is 12.1 Å². The van der Waals surface area contributed by atoms with E-state index in [1.165, 1.54) is 0 Å². The molecule has 4 aliphatic rings. The molecule has 1 aromatic rings. The molecule has 11 heteroatoms. The Morgan fingerprint density at radius 3 is 2.77 bits per heavy atom. The second-order valence-corrected chi connectivity index (χ2v) is 9.03. The Morgan fingerprint density at radius 2 is 2.06 bits per heavy atom. The molecule has 2 N–H and O–H groups in total. The number of carboxylic acids is 1. The Morgan fingerprint density at radius 1 is 1.29 bits per heavy atom. The van der Waals surface area contributed by atoms with Crippen molar-refractivity contribution in [2.75, 3.05) is 39.8 Å². The molecule has 0 spiro atoms. The fourth-order valence-corrected chi connectivity index (χ4v) is 4.81. The molecular formula is C20H25BN2O8-2. The van der Waals surface area contributed by atoms with Gasteiger partial charge in [0, 0.05) is 13.1 Å². The highest BCUT2D eigenvalue weighted by Gasteiger charge is 2.55. The van der Waals surface area contributed by atoms with Crippen LogP contribution in [0.2, 0.25) is 5.82 Å². The minimum atomic E-state index is -3.11. The maximum atomic E-state index is 12.5. The highest BCUT2D eigenvalue weighted by atomic mass is 16.6. The zero-order chi connectivity index (χ0) is 21.9. The number of fused-ring (bicyclic) bond motifs is 3. The SMILES string of the molecule is CN1CCO[C@H](CC(=O)N2CC(Oc3ccc4c(c3C(=O)[O-])O[B-](O)(O)C3CC43)C2)C1. The van der Waals surface area contributed by atoms with Gasteiger partial charge >= 0.3 is 6.75 Å². The third kappa shape index (κ3) is 3.75. The van der Waals surface area contributed by atoms with Crippen molar-refractivity contribution in [2.45, 2.75) is 36.8 Å². The minimum Gasteiger partial charge on any atom is -0.669 e. The van der Waals surface area contributed by atoms with E-state index in [4.69, 9.17) is 14.1 Å². The molecule has 0 radical (unpaired) electrons. The molecule has 0 aromatic heterocycles. The summed E-state index contributed by atoms with van der Waals surface area (Å²) in [6.07, 6.45) is 0.339. The van der Waals surface area contributed by atoms with E-state index < -0.39 is 18.5 Å². The average molecular weight is 432 g/mol. The predicted octanol–water partition coefficient (Wildman–Crippen LogP) is -1.47. The van der Waals surface area contributed by atoms with Gasteiger partial charge in [0.05, 0.1) is 49.5 Å². The quantitative estimate of drug-likeness (QED) is 0.536. The molecule has 168 valence electrons. The van der Waals surface area contributed by atoms with Crippen LogP contribution in [0.3, 0.4) is 0 Å². The highest BCUT2D eigenvalue weighted by Crippen LogP contribution is 2.63. The predicted molar refractivity (Wildman–Crippen MR) is 106 cm³/mol. The second kappa shape index (κ2) is 7.37. The summed E-state index contributed by atoms with van der Waals surface area (Å²) in [6.45, 7) is -0.261. The standard InChI is InChI=1S/C20H26BN2O8/c1-22-4-5-29-11(8-22)6-17(24)23-9-12(10-23)30-16-3-2-13-14-7-15(14)21(27,28)31-19(13)18(16)20(25)26/h2-3,11-12,14-15,27-28H,4-10H2,1H3,(H,25,26)/q-1/p-1/t11-,14?,15?/m1/s1. The van der Waals surface area contributed by atoms with Gasteiger partial charge in [0.1, 0.15) is 11.9 Å². The number of morpholine rings is 1. The molecule has 3 heterocycles. The van der Waals surface area contributed by atoms with Gasteiger partial charge in [-0.25, -0.2) is 0 Å². The summed E-state index contributed by atoms with van der Waals surface area (Å²) in [6, 6.07) is 3.25. The van der Waals surface area contributed by atoms with Gasteiger partial charge in [-0.2, -0.15) is 0 Å². The smallest absolute Gasteiger partial charge is 0.434 e. The molecule has 1 amide bonds. The van der Waals surface area contributed by atoms with Crippen molar-refractivity contribution in [3.63, 3.8) is 0 Å². The zero-order valence-corrected chi connectivity index (χ0v) is 17.2. The number of hydrogen-bond donors (Lipinski definition) is 2. The number of carbonyl (C=O) groups is 2. The lowest BCUT2D eigenvalue weighted by Gasteiger charge is -2.41. The molecule has 3 aliphatic heterocycles. The van der Waals surface area contributed by atoms with Gasteiger partial charge in [-0.05, 0) is 24.6 Å². The van der Waals surface area contributed by atoms with Gasteiger partial charge in [0.15, 0.2) is 0 Å². The molecule has 5 rings (SSSR count). The van der Waals surface area contributed by atoms with E-state index in [0.29, 0.717) is 44.6 Å². The van der Waals surface area contributed by atoms with E-state index >= 15 is 0 Å². The van der Waals surface area contributed by atoms with Crippen molar-refractivity contribution < 1.29 is 38.9 Å². The van der Waals surface area contributed by atoms with E-state index in [2.05, 4.69) is 4.90 Å². The maximum Gasteiger partial charge on any atom is 0.434 e. The van der Waals surface area contributed by atoms with Gasteiger partial charge in [0.25, 0.3) is 0 Å². The number of carbonyl (C=O) groups excluding carboxylic acids is 2. The first-order valence-corrected chi connectivity index (χ1v) is 10.6. The monoisotopic (exact) mass is 432 g/mol. The van der Waals surface area contributed by atoms with Crippen molar-refractivity contribution in [3.05, 3.63) is 23.3 Å². The molecule has 0 bridgehead atoms. The van der Waals surface area contributed by atoms with Crippen LogP contribution < -0.4 is 14.5 Å². The molecule has 3 atom stereocenters. The van der Waals surface area contributed by atoms with Crippen molar-refractivity contribution in [1.82, 2.24) is 9.80 Å². The zero-order valence-electron chi connectivity index (χ0n) is 17.2. The number of aromatic carboxylic acids is 1. The van der Waals surface area contributed by atoms with Crippen LogP contribution in [0.25, 0.3) is 0 Å². The summed E-state index contributed by atoms with van der Waals surface area (Å²) in [7, 11) is 1.99. The third-order valence-electron chi connectivity index (χ3n) is 6.68. The van der Waals surface area contributed by atoms with E-state index in [1.54, 1.807) is 17.0 Å². The fourth-order valence-electron chi connectivity index (χ4n) is 4.81. The van der Waals surface area contributed by atoms with Gasteiger partial charge in [0.2, 0.25) is 5.91 Å². The minimum absolute atomic E-state index is 0.0260. The third-order valence-corrected chi connectivity index (χ3v) is 6.68. The molecule has 1 saturated carbocycles. The lowest BCUT2D eigenvalue weighted by molar-refractivity contribution is -0.255. The Labute approximate surface area is 179 Å². The maximum absolute atomic E-state index is 12.5. The Hall–Kier alpha value is -2.34. The molecule has 1 aliphatic carbocycles. The number of nitrogens with zero attached hydrogens (tertiary/aromatic N) is 2. The summed E-state index contributed by atoms with van der Waals surface area (Å²) in [5.74, 6) is -2.13. The van der Waals surface area contributed by atoms with E-state index in [1.807, 2.05) is 7.05 Å². The number of hydrogen-bond acceptors (Lipinski definition) is 9. The van der Waals surface area contributed by atoms with Crippen LogP contribution >= 0.6 is 0 Å². The number of likely N-dealkylation sites (N-methyl/N-ethyl adjacent to an activating group) is 1. The van der Waals surface area contributed by atoms with Gasteiger partial charge in [-0.3, -0.25) is 4.79 Å². The lowest BCUT2D eigenvalue weighted by atomic mass is 9.68. The van der Waals surface area contributed by atoms with Crippen LogP contribution in [0.1, 0.15) is 34.7 Å². The summed E-state index contributed by atoms with van der Waals surface area (Å²) >= 11 is 0. The van der Waals surface area contributed by atoms with Gasteiger partial charge in [-0.1, -0.05) is 18.3 Å². The largest absolute Gasteiger partial charge is 0.669 e. The average Bonchev–Trinajstić information content (AvgIpc) is 3.45. The van der Waals surface area contributed by atoms with Crippen molar-refractivity contribution in [1.29, 1.82) is 0 Å². The number of ether oxygens (including phenoxy) is 2. The van der Waals surface area contributed by atoms with Gasteiger partial charge in [-0.15, -0.1) is 0 Å². The Balaban J connectivity index is 1.24. The van der Waals surface area contributed by atoms with E-state index in [9.17, 15) is 24.7 Å². The molecule has 31 heavy (non-hydrogen) atoms. The van der Waals surface area contributed by atoms with Crippen molar-refractivity contribution in [2.24, 2.45) is 0 Å². The van der Waals surface area contributed by atoms with Crippen LogP contribution in [0, 0.1) is 0 Å². The van der Waals surface area contributed by atoms with E-state index in [-0.39, 0.29) is 41.1 Å². The number of benzene rings is 1. The van der Waals surface area contributed by atoms with Gasteiger partial charge < -0.3 is 43.9 Å². The lowest BCUT2D eigenvalue weighted by Crippen LogP contribution is -2.57. The first-order chi connectivity index (χ1) is 14.7. The number of rotatable bonds is 5. The molecular weight excluding hydrogens is 407 g/mol. The Bertz CT molecular complexity index is 919. The number of amides is 1. The fraction of sp³-hybridized carbons (Fsp3) is 0.600. The second-order valence-electron chi connectivity index (χ2n) is 9.03. The van der Waals surface area contributed by atoms with Crippen molar-refractivity contribution >= 4 is 18.6 Å². The Kier molecular flexibility index (Phi) is 4.89. The highest BCUT2D eigenvalue weighted by molar-refractivity contribution is 6.62. The van der Waals surface area contributed by atoms with Crippen LogP contribution in [0.4, 0.5) is 0 Å². The van der Waals surface area contributed by atoms with Crippen LogP contribution in [-0.4, -0.2) is 90.5 Å². The molecule has 2 unspecified atom stereocenters. The van der Waals surface area contributed by atoms with Crippen molar-refractivity contribution in [3.8, 4) is 11.5 Å². The van der Waals surface area contributed by atoms with Crippen LogP contribution in [0.5, 0.6) is 11.5 Å². The summed E-state index contributed by atoms with van der Waals surface area (Å²) < 4.78 is 16.7. The molecule has 10 nitrogen and oxygen atoms in total. The molecule has 1 aromatic carbocycles. The summed E-state index contributed by atoms with van der Waals surface area (Å²) in [5.41, 5.74) is 0.306.